The molecule has 1 aromatic rings. The van der Waals surface area contributed by atoms with Crippen molar-refractivity contribution in [3.63, 3.8) is 0 Å². The highest BCUT2D eigenvalue weighted by Crippen LogP contribution is 2.00. The fraction of sp³-hybridized carbons (Fsp3) is 0.500. The van der Waals surface area contributed by atoms with Crippen molar-refractivity contribution < 1.29 is 9.59 Å². The van der Waals surface area contributed by atoms with Crippen LogP contribution in [0.2, 0.25) is 0 Å². The number of hydrogen-bond donors (Lipinski definition) is 3. The van der Waals surface area contributed by atoms with Crippen molar-refractivity contribution in [2.75, 3.05) is 7.05 Å². The van der Waals surface area contributed by atoms with Gasteiger partial charge < -0.3 is 5.32 Å². The zero-order valence-electron chi connectivity index (χ0n) is 9.77. The molecule has 0 aromatic carbocycles. The molecule has 4 N–H and O–H groups in total. The molecule has 1 rings (SSSR count). The first-order valence-corrected chi connectivity index (χ1v) is 5.42. The van der Waals surface area contributed by atoms with E-state index >= 15 is 0 Å². The summed E-state index contributed by atoms with van der Waals surface area (Å²) in [7, 11) is 1.56. The molecule has 0 saturated heterocycles. The van der Waals surface area contributed by atoms with Gasteiger partial charge in [-0.05, 0) is 18.9 Å². The average Bonchev–Trinajstić information content (AvgIpc) is 2.82. The van der Waals surface area contributed by atoms with Crippen LogP contribution in [0.15, 0.2) is 12.3 Å². The molecule has 2 amide bonds. The van der Waals surface area contributed by atoms with E-state index in [4.69, 9.17) is 5.84 Å². The second-order valence-corrected chi connectivity index (χ2v) is 3.57. The lowest BCUT2D eigenvalue weighted by molar-refractivity contribution is -0.121. The van der Waals surface area contributed by atoms with Crippen molar-refractivity contribution in [1.82, 2.24) is 20.5 Å². The van der Waals surface area contributed by atoms with Crippen LogP contribution in [0.25, 0.3) is 0 Å². The molecule has 1 heterocycles. The van der Waals surface area contributed by atoms with E-state index in [1.807, 2.05) is 0 Å². The first-order chi connectivity index (χ1) is 8.17. The standard InChI is InChI=1S/C10H17N5O2/c1-12-10(17)8-5-7-15(14-8)6-3-2-4-9(16)13-11/h5,7H,2-4,6,11H2,1H3,(H,12,17)(H,13,16). The number of nitrogens with zero attached hydrogens (tertiary/aromatic N) is 2. The SMILES string of the molecule is CNC(=O)c1ccn(CCCCC(=O)NN)n1. The summed E-state index contributed by atoms with van der Waals surface area (Å²) >= 11 is 0. The summed E-state index contributed by atoms with van der Waals surface area (Å²) < 4.78 is 1.69. The number of nitrogens with one attached hydrogen (secondary N) is 2. The Kier molecular flexibility index (Phi) is 5.15. The molecule has 7 nitrogen and oxygen atoms in total. The lowest BCUT2D eigenvalue weighted by Gasteiger charge is -2.01. The van der Waals surface area contributed by atoms with Crippen LogP contribution in [0.3, 0.4) is 0 Å². The molecule has 0 saturated carbocycles. The summed E-state index contributed by atoms with van der Waals surface area (Å²) in [6.07, 6.45) is 3.69. The van der Waals surface area contributed by atoms with Gasteiger partial charge in [0.15, 0.2) is 0 Å². The van der Waals surface area contributed by atoms with Crippen molar-refractivity contribution >= 4 is 11.8 Å². The van der Waals surface area contributed by atoms with Gasteiger partial charge in [-0.25, -0.2) is 5.84 Å². The predicted octanol–water partition coefficient (Wildman–Crippen LogP) is -0.597. The zero-order chi connectivity index (χ0) is 12.7. The van der Waals surface area contributed by atoms with Gasteiger partial charge in [0.05, 0.1) is 0 Å². The number of hydrogen-bond acceptors (Lipinski definition) is 4. The van der Waals surface area contributed by atoms with Crippen LogP contribution >= 0.6 is 0 Å². The molecule has 0 bridgehead atoms. The van der Waals surface area contributed by atoms with Gasteiger partial charge in [0.2, 0.25) is 5.91 Å². The minimum absolute atomic E-state index is 0.170. The Balaban J connectivity index is 2.30. The highest BCUT2D eigenvalue weighted by atomic mass is 16.2. The third kappa shape index (κ3) is 4.23. The third-order valence-corrected chi connectivity index (χ3v) is 2.30. The maximum Gasteiger partial charge on any atom is 0.271 e. The third-order valence-electron chi connectivity index (χ3n) is 2.30. The van der Waals surface area contributed by atoms with E-state index in [1.165, 1.54) is 0 Å². The Morgan fingerprint density at radius 2 is 2.24 bits per heavy atom. The van der Waals surface area contributed by atoms with Gasteiger partial charge in [-0.1, -0.05) is 0 Å². The van der Waals surface area contributed by atoms with Crippen LogP contribution in [0.1, 0.15) is 29.8 Å². The lowest BCUT2D eigenvalue weighted by Crippen LogP contribution is -2.29. The second-order valence-electron chi connectivity index (χ2n) is 3.57. The van der Waals surface area contributed by atoms with E-state index in [0.717, 1.165) is 12.8 Å². The molecule has 0 aliphatic carbocycles. The Morgan fingerprint density at radius 1 is 1.47 bits per heavy atom. The van der Waals surface area contributed by atoms with Gasteiger partial charge in [0, 0.05) is 26.2 Å². The number of aryl methyl sites for hydroxylation is 1. The Morgan fingerprint density at radius 3 is 2.88 bits per heavy atom. The number of rotatable bonds is 6. The van der Waals surface area contributed by atoms with Gasteiger partial charge in [-0.3, -0.25) is 19.7 Å². The zero-order valence-corrected chi connectivity index (χ0v) is 9.77. The van der Waals surface area contributed by atoms with Gasteiger partial charge in [0.25, 0.3) is 5.91 Å². The Hall–Kier alpha value is -1.89. The van der Waals surface area contributed by atoms with Gasteiger partial charge in [0.1, 0.15) is 5.69 Å². The molecule has 0 radical (unpaired) electrons. The normalized spacial score (nSPS) is 10.0. The first-order valence-electron chi connectivity index (χ1n) is 5.42. The van der Waals surface area contributed by atoms with Gasteiger partial charge in [-0.2, -0.15) is 5.10 Å². The first kappa shape index (κ1) is 13.2. The molecule has 7 heteroatoms. The predicted molar refractivity (Wildman–Crippen MR) is 61.8 cm³/mol. The van der Waals surface area contributed by atoms with Crippen molar-refractivity contribution in [3.8, 4) is 0 Å². The summed E-state index contributed by atoms with van der Waals surface area (Å²) in [5, 5.41) is 6.60. The molecule has 0 spiro atoms. The lowest BCUT2D eigenvalue weighted by atomic mass is 10.2. The summed E-state index contributed by atoms with van der Waals surface area (Å²) in [6.45, 7) is 0.675. The summed E-state index contributed by atoms with van der Waals surface area (Å²) in [5.41, 5.74) is 2.47. The molecule has 94 valence electrons. The van der Waals surface area contributed by atoms with Crippen molar-refractivity contribution in [2.24, 2.45) is 5.84 Å². The number of nitrogens with two attached hydrogens (primary N) is 1. The van der Waals surface area contributed by atoms with Gasteiger partial charge in [-0.15, -0.1) is 0 Å². The number of hydrazine groups is 1. The van der Waals surface area contributed by atoms with Crippen molar-refractivity contribution in [3.05, 3.63) is 18.0 Å². The van der Waals surface area contributed by atoms with Crippen LogP contribution in [0, 0.1) is 0 Å². The van der Waals surface area contributed by atoms with Crippen molar-refractivity contribution in [2.45, 2.75) is 25.8 Å². The maximum absolute atomic E-state index is 11.2. The van der Waals surface area contributed by atoms with Gasteiger partial charge >= 0.3 is 0 Å². The fourth-order valence-electron chi connectivity index (χ4n) is 1.37. The molecule has 0 aliphatic heterocycles. The molecular formula is C10H17N5O2. The van der Waals surface area contributed by atoms with E-state index in [-0.39, 0.29) is 11.8 Å². The molecule has 0 fully saturated rings. The fourth-order valence-corrected chi connectivity index (χ4v) is 1.37. The number of aromatic nitrogens is 2. The summed E-state index contributed by atoms with van der Waals surface area (Å²) in [4.78, 5) is 22.1. The van der Waals surface area contributed by atoms with Crippen LogP contribution in [0.4, 0.5) is 0 Å². The number of carbonyl (C=O) groups is 2. The van der Waals surface area contributed by atoms with E-state index < -0.39 is 0 Å². The van der Waals surface area contributed by atoms with Crippen molar-refractivity contribution in [1.29, 1.82) is 0 Å². The number of carbonyl (C=O) groups excluding carboxylic acids is 2. The summed E-state index contributed by atoms with van der Waals surface area (Å²) in [5.74, 6) is 4.58. The minimum Gasteiger partial charge on any atom is -0.354 e. The molecule has 17 heavy (non-hydrogen) atoms. The quantitative estimate of drug-likeness (QED) is 0.267. The molecular weight excluding hydrogens is 222 g/mol. The number of unbranched alkanes of at least 4 members (excludes halogenated alkanes) is 1. The van der Waals surface area contributed by atoms with Crippen LogP contribution in [0.5, 0.6) is 0 Å². The minimum atomic E-state index is -0.203. The topological polar surface area (TPSA) is 102 Å². The van der Waals surface area contributed by atoms with E-state index in [2.05, 4.69) is 15.8 Å². The monoisotopic (exact) mass is 239 g/mol. The Bertz CT molecular complexity index is 388. The second kappa shape index (κ2) is 6.64. The van der Waals surface area contributed by atoms with E-state index in [1.54, 1.807) is 24.0 Å². The van der Waals surface area contributed by atoms with E-state index in [0.29, 0.717) is 18.7 Å². The molecule has 0 atom stereocenters. The van der Waals surface area contributed by atoms with Crippen LogP contribution < -0.4 is 16.6 Å². The van der Waals surface area contributed by atoms with E-state index in [9.17, 15) is 9.59 Å². The molecule has 1 aromatic heterocycles. The maximum atomic E-state index is 11.2. The molecule has 0 unspecified atom stereocenters. The average molecular weight is 239 g/mol. The summed E-state index contributed by atoms with van der Waals surface area (Å²) in [6, 6.07) is 1.66. The Labute approximate surface area is 99.3 Å². The molecule has 0 aliphatic rings. The van der Waals surface area contributed by atoms with Crippen LogP contribution in [-0.4, -0.2) is 28.6 Å². The number of amides is 2. The van der Waals surface area contributed by atoms with Crippen LogP contribution in [-0.2, 0) is 11.3 Å². The largest absolute Gasteiger partial charge is 0.354 e. The smallest absolute Gasteiger partial charge is 0.271 e. The highest BCUT2D eigenvalue weighted by molar-refractivity contribution is 5.91. The highest BCUT2D eigenvalue weighted by Gasteiger charge is 2.06.